The average molecular weight is 269 g/mol. The van der Waals surface area contributed by atoms with E-state index in [0.717, 1.165) is 10.0 Å². The quantitative estimate of drug-likeness (QED) is 0.609. The Labute approximate surface area is 95.6 Å². The number of benzene rings is 1. The van der Waals surface area contributed by atoms with Crippen LogP contribution in [0.1, 0.15) is 15.9 Å². The van der Waals surface area contributed by atoms with Crippen molar-refractivity contribution in [2.75, 3.05) is 7.11 Å². The molecular formula is C11H9BrO3. The first kappa shape index (κ1) is 10.4. The number of rotatable bonds is 2. The van der Waals surface area contributed by atoms with E-state index < -0.39 is 5.92 Å². The van der Waals surface area contributed by atoms with Crippen LogP contribution in [-0.2, 0) is 11.2 Å². The van der Waals surface area contributed by atoms with E-state index in [2.05, 4.69) is 15.9 Å². The SMILES string of the molecule is COc1ccc(Br)c2c1C(=O)C(C=O)C2. The van der Waals surface area contributed by atoms with Crippen molar-refractivity contribution in [3.05, 3.63) is 27.7 Å². The lowest BCUT2D eigenvalue weighted by Crippen LogP contribution is -2.10. The molecule has 0 radical (unpaired) electrons. The number of ether oxygens (including phenoxy) is 1. The minimum absolute atomic E-state index is 0.141. The van der Waals surface area contributed by atoms with E-state index in [1.165, 1.54) is 7.11 Å². The van der Waals surface area contributed by atoms with Gasteiger partial charge in [0.15, 0.2) is 5.78 Å². The number of Topliss-reactive ketones (excluding diaryl/α,β-unsaturated/α-hetero) is 1. The summed E-state index contributed by atoms with van der Waals surface area (Å²) in [4.78, 5) is 22.5. The lowest BCUT2D eigenvalue weighted by atomic mass is 10.1. The van der Waals surface area contributed by atoms with Crippen LogP contribution in [0.2, 0.25) is 0 Å². The van der Waals surface area contributed by atoms with Crippen LogP contribution < -0.4 is 4.74 Å². The second-order valence-corrected chi connectivity index (χ2v) is 4.27. The molecule has 0 N–H and O–H groups in total. The third-order valence-electron chi connectivity index (χ3n) is 2.61. The summed E-state index contributed by atoms with van der Waals surface area (Å²) in [5.41, 5.74) is 1.42. The smallest absolute Gasteiger partial charge is 0.177 e. The molecule has 0 bridgehead atoms. The molecule has 1 aliphatic rings. The summed E-state index contributed by atoms with van der Waals surface area (Å²) in [6, 6.07) is 3.56. The second-order valence-electron chi connectivity index (χ2n) is 3.41. The summed E-state index contributed by atoms with van der Waals surface area (Å²) in [5.74, 6) is -0.145. The fourth-order valence-electron chi connectivity index (χ4n) is 1.85. The van der Waals surface area contributed by atoms with Crippen LogP contribution in [0.3, 0.4) is 0 Å². The molecule has 1 atom stereocenters. The number of fused-ring (bicyclic) bond motifs is 1. The molecule has 3 nitrogen and oxygen atoms in total. The number of methoxy groups -OCH3 is 1. The second kappa shape index (κ2) is 3.77. The summed E-state index contributed by atoms with van der Waals surface area (Å²) in [5, 5.41) is 0. The zero-order valence-electron chi connectivity index (χ0n) is 8.12. The van der Waals surface area contributed by atoms with E-state index in [9.17, 15) is 9.59 Å². The van der Waals surface area contributed by atoms with Crippen LogP contribution in [0.5, 0.6) is 5.75 Å². The third kappa shape index (κ3) is 1.49. The van der Waals surface area contributed by atoms with Gasteiger partial charge in [-0.25, -0.2) is 0 Å². The van der Waals surface area contributed by atoms with Crippen LogP contribution in [-0.4, -0.2) is 19.2 Å². The van der Waals surface area contributed by atoms with Gasteiger partial charge in [0.05, 0.1) is 18.6 Å². The van der Waals surface area contributed by atoms with Gasteiger partial charge in [0.1, 0.15) is 12.0 Å². The Morgan fingerprint density at radius 3 is 2.87 bits per heavy atom. The molecule has 0 aromatic heterocycles. The molecule has 1 aliphatic carbocycles. The predicted molar refractivity (Wildman–Crippen MR) is 58.3 cm³/mol. The van der Waals surface area contributed by atoms with Gasteiger partial charge < -0.3 is 9.53 Å². The number of carbonyl (C=O) groups is 2. The van der Waals surface area contributed by atoms with E-state index in [-0.39, 0.29) is 5.78 Å². The summed E-state index contributed by atoms with van der Waals surface area (Å²) in [6.07, 6.45) is 1.17. The van der Waals surface area contributed by atoms with Crippen molar-refractivity contribution >= 4 is 28.0 Å². The number of ketones is 1. The van der Waals surface area contributed by atoms with E-state index in [0.29, 0.717) is 24.0 Å². The van der Waals surface area contributed by atoms with E-state index in [4.69, 9.17) is 4.74 Å². The first-order chi connectivity index (χ1) is 7.19. The van der Waals surface area contributed by atoms with Gasteiger partial charge in [-0.1, -0.05) is 15.9 Å². The number of halogens is 1. The Bertz CT molecular complexity index is 440. The maximum atomic E-state index is 11.8. The Hall–Kier alpha value is -1.16. The minimum Gasteiger partial charge on any atom is -0.496 e. The third-order valence-corrected chi connectivity index (χ3v) is 3.35. The number of hydrogen-bond donors (Lipinski definition) is 0. The monoisotopic (exact) mass is 268 g/mol. The number of carbonyl (C=O) groups excluding carboxylic acids is 2. The minimum atomic E-state index is -0.549. The first-order valence-electron chi connectivity index (χ1n) is 4.54. The van der Waals surface area contributed by atoms with Crippen molar-refractivity contribution in [3.8, 4) is 5.75 Å². The molecule has 0 saturated heterocycles. The first-order valence-corrected chi connectivity index (χ1v) is 5.33. The number of aldehydes is 1. The molecule has 0 saturated carbocycles. The molecule has 1 aromatic rings. The van der Waals surface area contributed by atoms with Gasteiger partial charge in [-0.15, -0.1) is 0 Å². The Morgan fingerprint density at radius 1 is 1.53 bits per heavy atom. The number of hydrogen-bond acceptors (Lipinski definition) is 3. The summed E-state index contributed by atoms with van der Waals surface area (Å²) in [7, 11) is 1.52. The van der Waals surface area contributed by atoms with Crippen molar-refractivity contribution in [2.45, 2.75) is 6.42 Å². The summed E-state index contributed by atoms with van der Waals surface area (Å²) < 4.78 is 5.98. The zero-order chi connectivity index (χ0) is 11.0. The van der Waals surface area contributed by atoms with Crippen LogP contribution in [0, 0.1) is 5.92 Å². The fourth-order valence-corrected chi connectivity index (χ4v) is 2.34. The molecule has 15 heavy (non-hydrogen) atoms. The van der Waals surface area contributed by atoms with Gasteiger partial charge in [-0.3, -0.25) is 4.79 Å². The fraction of sp³-hybridized carbons (Fsp3) is 0.273. The molecular weight excluding hydrogens is 260 g/mol. The van der Waals surface area contributed by atoms with Gasteiger partial charge in [-0.2, -0.15) is 0 Å². The molecule has 4 heteroatoms. The molecule has 0 heterocycles. The maximum Gasteiger partial charge on any atom is 0.177 e. The molecule has 0 fully saturated rings. The largest absolute Gasteiger partial charge is 0.496 e. The highest BCUT2D eigenvalue weighted by molar-refractivity contribution is 9.10. The van der Waals surface area contributed by atoms with Gasteiger partial charge in [0.25, 0.3) is 0 Å². The van der Waals surface area contributed by atoms with E-state index in [1.807, 2.05) is 6.07 Å². The maximum absolute atomic E-state index is 11.8. The van der Waals surface area contributed by atoms with Crippen LogP contribution in [0.4, 0.5) is 0 Å². The highest BCUT2D eigenvalue weighted by Crippen LogP contribution is 2.37. The zero-order valence-corrected chi connectivity index (χ0v) is 9.71. The highest BCUT2D eigenvalue weighted by Gasteiger charge is 2.34. The predicted octanol–water partition coefficient (Wildman–Crippen LogP) is 2.01. The lowest BCUT2D eigenvalue weighted by Gasteiger charge is -2.06. The van der Waals surface area contributed by atoms with E-state index >= 15 is 0 Å². The van der Waals surface area contributed by atoms with Crippen LogP contribution >= 0.6 is 15.9 Å². The van der Waals surface area contributed by atoms with Crippen LogP contribution in [0.15, 0.2) is 16.6 Å². The van der Waals surface area contributed by atoms with Gasteiger partial charge >= 0.3 is 0 Å². The van der Waals surface area contributed by atoms with Crippen molar-refractivity contribution in [3.63, 3.8) is 0 Å². The van der Waals surface area contributed by atoms with Crippen LogP contribution in [0.25, 0.3) is 0 Å². The van der Waals surface area contributed by atoms with Gasteiger partial charge in [-0.05, 0) is 24.1 Å². The van der Waals surface area contributed by atoms with Crippen molar-refractivity contribution in [2.24, 2.45) is 5.92 Å². The van der Waals surface area contributed by atoms with Crippen molar-refractivity contribution in [1.29, 1.82) is 0 Å². The standard InChI is InChI=1S/C11H9BrO3/c1-15-9-3-2-8(12)7-4-6(5-13)11(14)10(7)9/h2-3,5-6H,4H2,1H3. The van der Waals surface area contributed by atoms with Crippen molar-refractivity contribution in [1.82, 2.24) is 0 Å². The van der Waals surface area contributed by atoms with Gasteiger partial charge in [0, 0.05) is 4.47 Å². The molecule has 1 unspecified atom stereocenters. The van der Waals surface area contributed by atoms with Gasteiger partial charge in [0.2, 0.25) is 0 Å². The highest BCUT2D eigenvalue weighted by atomic mass is 79.9. The Kier molecular flexibility index (Phi) is 2.61. The molecule has 2 rings (SSSR count). The molecule has 1 aromatic carbocycles. The normalized spacial score (nSPS) is 18.8. The summed E-state index contributed by atoms with van der Waals surface area (Å²) >= 11 is 3.37. The topological polar surface area (TPSA) is 43.4 Å². The Morgan fingerprint density at radius 2 is 2.27 bits per heavy atom. The lowest BCUT2D eigenvalue weighted by molar-refractivity contribution is -0.109. The molecule has 0 aliphatic heterocycles. The molecule has 78 valence electrons. The molecule has 0 amide bonds. The summed E-state index contributed by atoms with van der Waals surface area (Å²) in [6.45, 7) is 0. The Balaban J connectivity index is 2.61. The average Bonchev–Trinajstić information content (AvgIpc) is 2.58. The van der Waals surface area contributed by atoms with E-state index in [1.54, 1.807) is 6.07 Å². The van der Waals surface area contributed by atoms with Crippen molar-refractivity contribution < 1.29 is 14.3 Å². The molecule has 0 spiro atoms.